The third-order valence-corrected chi connectivity index (χ3v) is 7.30. The Hall–Kier alpha value is -4.70. The molecule has 0 aliphatic heterocycles. The number of carbonyl (C=O) groups excluding carboxylic acids is 1. The molecule has 4 aromatic rings. The van der Waals surface area contributed by atoms with E-state index < -0.39 is 27.0 Å². The number of esters is 1. The first-order valence-electron chi connectivity index (χ1n) is 14.4. The number of hydrogen-bond donors (Lipinski definition) is 1. The summed E-state index contributed by atoms with van der Waals surface area (Å²) in [5.41, 5.74) is -0.164. The summed E-state index contributed by atoms with van der Waals surface area (Å²) in [5, 5.41) is 25.1. The molecule has 0 saturated carbocycles. The van der Waals surface area contributed by atoms with E-state index in [9.17, 15) is 39.0 Å². The molecule has 0 spiro atoms. The van der Waals surface area contributed by atoms with E-state index in [2.05, 4.69) is 37.2 Å². The van der Waals surface area contributed by atoms with E-state index in [0.29, 0.717) is 34.3 Å². The van der Waals surface area contributed by atoms with Crippen molar-refractivity contribution >= 4 is 54.9 Å². The van der Waals surface area contributed by atoms with Crippen LogP contribution in [0.2, 0.25) is 0 Å². The first kappa shape index (κ1) is 37.8. The Kier molecular flexibility index (Phi) is 13.3. The minimum absolute atomic E-state index is 0.0807. The van der Waals surface area contributed by atoms with Crippen molar-refractivity contribution in [1.29, 1.82) is 0 Å². The van der Waals surface area contributed by atoms with Gasteiger partial charge < -0.3 is 19.2 Å². The second-order valence-electron chi connectivity index (χ2n) is 11.4. The zero-order valence-corrected chi connectivity index (χ0v) is 29.3. The van der Waals surface area contributed by atoms with Gasteiger partial charge in [0.05, 0.1) is 22.9 Å². The second kappa shape index (κ2) is 16.9. The van der Waals surface area contributed by atoms with Crippen molar-refractivity contribution in [2.75, 3.05) is 11.9 Å². The van der Waals surface area contributed by atoms with Crippen LogP contribution in [0.1, 0.15) is 44.7 Å². The predicted molar refractivity (Wildman–Crippen MR) is 185 cm³/mol. The van der Waals surface area contributed by atoms with Gasteiger partial charge in [0, 0.05) is 58.6 Å². The van der Waals surface area contributed by atoms with Crippen molar-refractivity contribution in [3.63, 3.8) is 0 Å². The Morgan fingerprint density at radius 1 is 0.833 bits per heavy atom. The van der Waals surface area contributed by atoms with Crippen LogP contribution in [0.25, 0.3) is 0 Å². The number of nitrogens with one attached hydrogen (secondary N) is 1. The molecule has 0 saturated heterocycles. The Bertz CT molecular complexity index is 1920. The summed E-state index contributed by atoms with van der Waals surface area (Å²) in [4.78, 5) is 56.1. The topological polar surface area (TPSA) is 169 Å². The fraction of sp³-hybridized carbons (Fsp3) is 0.281. The van der Waals surface area contributed by atoms with E-state index in [1.807, 2.05) is 0 Å². The summed E-state index contributed by atoms with van der Waals surface area (Å²) in [6.07, 6.45) is 3.91. The smallest absolute Gasteiger partial charge is 0.306 e. The van der Waals surface area contributed by atoms with Crippen molar-refractivity contribution < 1.29 is 23.8 Å². The van der Waals surface area contributed by atoms with Crippen LogP contribution >= 0.6 is 31.9 Å². The molecule has 2 aromatic heterocycles. The van der Waals surface area contributed by atoms with Crippen LogP contribution in [0.15, 0.2) is 91.6 Å². The molecule has 0 aliphatic rings. The molecule has 254 valence electrons. The minimum atomic E-state index is -0.893. The maximum absolute atomic E-state index is 13.2. The molecule has 0 amide bonds. The quantitative estimate of drug-likeness (QED) is 0.0743. The van der Waals surface area contributed by atoms with Crippen molar-refractivity contribution in [1.82, 2.24) is 9.13 Å². The van der Waals surface area contributed by atoms with Gasteiger partial charge in [0.2, 0.25) is 5.82 Å². The first-order valence-corrected chi connectivity index (χ1v) is 16.0. The zero-order valence-electron chi connectivity index (χ0n) is 26.2. The highest BCUT2D eigenvalue weighted by Gasteiger charge is 2.18. The lowest BCUT2D eigenvalue weighted by molar-refractivity contribution is -0.387. The Morgan fingerprint density at radius 2 is 1.33 bits per heavy atom. The molecule has 0 fully saturated rings. The number of rotatable bonds is 11. The normalized spacial score (nSPS) is 10.9. The summed E-state index contributed by atoms with van der Waals surface area (Å²) < 4.78 is 22.7. The van der Waals surface area contributed by atoms with E-state index in [1.54, 1.807) is 57.4 Å². The van der Waals surface area contributed by atoms with E-state index in [1.165, 1.54) is 33.4 Å². The van der Waals surface area contributed by atoms with Gasteiger partial charge in [-0.3, -0.25) is 34.6 Å². The molecule has 13 nitrogen and oxygen atoms in total. The lowest BCUT2D eigenvalue weighted by Crippen LogP contribution is -2.24. The van der Waals surface area contributed by atoms with Gasteiger partial charge in [-0.1, -0.05) is 12.1 Å². The van der Waals surface area contributed by atoms with Crippen molar-refractivity contribution in [3.05, 3.63) is 140 Å². The molecule has 2 aromatic carbocycles. The van der Waals surface area contributed by atoms with Gasteiger partial charge in [0.15, 0.2) is 0 Å². The number of aromatic nitrogens is 2. The van der Waals surface area contributed by atoms with Crippen molar-refractivity contribution in [2.24, 2.45) is 0 Å². The molecular weight excluding hydrogens is 761 g/mol. The lowest BCUT2D eigenvalue weighted by Gasteiger charge is -2.19. The van der Waals surface area contributed by atoms with Gasteiger partial charge in [0.1, 0.15) is 11.3 Å². The summed E-state index contributed by atoms with van der Waals surface area (Å²) in [5.74, 6) is -1.20. The monoisotopic (exact) mass is 791 g/mol. The molecule has 0 bridgehead atoms. The average Bonchev–Trinajstić information content (AvgIpc) is 2.99. The van der Waals surface area contributed by atoms with Crippen LogP contribution in [0.5, 0.6) is 0 Å². The zero-order chi connectivity index (χ0) is 35.6. The first-order chi connectivity index (χ1) is 22.5. The highest BCUT2D eigenvalue weighted by Crippen LogP contribution is 2.26. The van der Waals surface area contributed by atoms with Gasteiger partial charge in [-0.05, 0) is 94.4 Å². The molecule has 16 heteroatoms. The van der Waals surface area contributed by atoms with Crippen molar-refractivity contribution in [3.8, 4) is 0 Å². The number of nitrogens with zero attached hydrogens (tertiary/aromatic N) is 4. The molecular formula is C32H32Br2FN5O8. The molecule has 48 heavy (non-hydrogen) atoms. The molecule has 0 radical (unpaired) electrons. The van der Waals surface area contributed by atoms with E-state index >= 15 is 0 Å². The Balaban J connectivity index is 0.000000284. The SMILES string of the molecule is CC(C)(C)OC(=O)CCCNc1ccc(Cn2cc(Br)ccc2=O)cc1[N+](=O)[O-].O=c1ccc(Br)cn1Cc1ccc(F)c([N+](=O)[O-])c1. The number of carbonyl (C=O) groups is 1. The summed E-state index contributed by atoms with van der Waals surface area (Å²) in [6.45, 7) is 6.16. The van der Waals surface area contributed by atoms with E-state index in [-0.39, 0.29) is 42.3 Å². The molecule has 2 heterocycles. The van der Waals surface area contributed by atoms with Gasteiger partial charge in [-0.25, -0.2) is 0 Å². The summed E-state index contributed by atoms with van der Waals surface area (Å²) >= 11 is 6.54. The fourth-order valence-electron chi connectivity index (χ4n) is 4.27. The number of hydrogen-bond acceptors (Lipinski definition) is 9. The van der Waals surface area contributed by atoms with E-state index in [4.69, 9.17) is 4.74 Å². The van der Waals surface area contributed by atoms with Gasteiger partial charge in [0.25, 0.3) is 16.8 Å². The highest BCUT2D eigenvalue weighted by atomic mass is 79.9. The Morgan fingerprint density at radius 3 is 1.83 bits per heavy atom. The second-order valence-corrected chi connectivity index (χ2v) is 13.2. The van der Waals surface area contributed by atoms with Crippen LogP contribution in [0, 0.1) is 26.0 Å². The lowest BCUT2D eigenvalue weighted by atomic mass is 10.1. The molecule has 0 atom stereocenters. The number of nitro benzene ring substituents is 2. The van der Waals surface area contributed by atoms with Gasteiger partial charge in [-0.15, -0.1) is 0 Å². The van der Waals surface area contributed by atoms with Crippen LogP contribution in [0.3, 0.4) is 0 Å². The largest absolute Gasteiger partial charge is 0.460 e. The third-order valence-electron chi connectivity index (χ3n) is 6.36. The average molecular weight is 793 g/mol. The van der Waals surface area contributed by atoms with Crippen molar-refractivity contribution in [2.45, 2.75) is 52.3 Å². The maximum atomic E-state index is 13.2. The van der Waals surface area contributed by atoms with Crippen LogP contribution in [-0.2, 0) is 22.6 Å². The third kappa shape index (κ3) is 11.8. The number of anilines is 1. The summed E-state index contributed by atoms with van der Waals surface area (Å²) in [7, 11) is 0. The molecule has 1 N–H and O–H groups in total. The predicted octanol–water partition coefficient (Wildman–Crippen LogP) is 6.81. The number of benzene rings is 2. The van der Waals surface area contributed by atoms with E-state index in [0.717, 1.165) is 16.6 Å². The number of halogens is 3. The Labute approximate surface area is 290 Å². The molecule has 0 aliphatic carbocycles. The van der Waals surface area contributed by atoms with Gasteiger partial charge in [-0.2, -0.15) is 4.39 Å². The summed E-state index contributed by atoms with van der Waals surface area (Å²) in [6, 6.07) is 14.4. The number of nitro groups is 2. The highest BCUT2D eigenvalue weighted by molar-refractivity contribution is 9.10. The maximum Gasteiger partial charge on any atom is 0.306 e. The van der Waals surface area contributed by atoms with Crippen LogP contribution in [-0.4, -0.2) is 37.1 Å². The fourth-order valence-corrected chi connectivity index (χ4v) is 5.02. The molecule has 0 unspecified atom stereocenters. The number of pyridine rings is 2. The standard InChI is InChI=1S/C20H24BrN3O5.C12H8BrFN2O3/c1-20(2,3)29-19(26)5-4-10-22-16-8-6-14(11-17(16)24(27)28)12-23-13-15(21)7-9-18(23)25;13-9-2-4-12(17)15(7-9)6-8-1-3-10(14)11(5-8)16(18)19/h6-9,11,13,22H,4-5,10,12H2,1-3H3;1-5,7H,6H2. The number of ether oxygens (including phenoxy) is 1. The molecule has 4 rings (SSSR count). The minimum Gasteiger partial charge on any atom is -0.460 e. The van der Waals surface area contributed by atoms with Crippen LogP contribution in [0.4, 0.5) is 21.5 Å². The van der Waals surface area contributed by atoms with Gasteiger partial charge >= 0.3 is 11.7 Å². The van der Waals surface area contributed by atoms with Crippen LogP contribution < -0.4 is 16.4 Å².